The fourth-order valence-electron chi connectivity index (χ4n) is 3.40. The monoisotopic (exact) mass is 269 g/mol. The number of para-hydroxylation sites is 1. The number of nitrogens with one attached hydrogen (secondary N) is 1. The van der Waals surface area contributed by atoms with Crippen LogP contribution in [-0.4, -0.2) is 10.6 Å². The zero-order chi connectivity index (χ0) is 14.1. The lowest BCUT2D eigenvalue weighted by molar-refractivity contribution is 0.429. The van der Waals surface area contributed by atoms with E-state index in [-0.39, 0.29) is 6.04 Å². The van der Waals surface area contributed by atoms with E-state index in [1.807, 2.05) is 0 Å². The number of benzene rings is 1. The number of isocyanates is 1. The third kappa shape index (κ3) is 1.93. The molecule has 1 N–H and O–H groups in total. The highest BCUT2D eigenvalue weighted by atomic mass is 16.1. The number of carbonyl (C=O) groups excluding carboxylic acids is 1. The van der Waals surface area contributed by atoms with Crippen molar-refractivity contribution < 1.29 is 4.79 Å². The van der Waals surface area contributed by atoms with Crippen molar-refractivity contribution in [3.8, 4) is 0 Å². The maximum absolute atomic E-state index is 10.4. The van der Waals surface area contributed by atoms with Crippen molar-refractivity contribution in [3.63, 3.8) is 0 Å². The molecule has 1 heterocycles. The number of aromatic nitrogens is 1. The Bertz CT molecular complexity index is 680. The summed E-state index contributed by atoms with van der Waals surface area (Å²) in [7, 11) is 0. The van der Waals surface area contributed by atoms with Crippen molar-refractivity contribution >= 4 is 17.0 Å². The van der Waals surface area contributed by atoms with Crippen molar-refractivity contribution in [3.05, 3.63) is 35.5 Å². The molecule has 0 fully saturated rings. The molecule has 20 heavy (non-hydrogen) atoms. The molecule has 104 valence electrons. The topological polar surface area (TPSA) is 46.4 Å². The van der Waals surface area contributed by atoms with E-state index in [2.05, 4.69) is 53.2 Å². The Kier molecular flexibility index (Phi) is 3.33. The Morgan fingerprint density at radius 3 is 2.95 bits per heavy atom. The lowest BCUT2D eigenvalue weighted by atomic mass is 9.92. The molecule has 4 heteroatoms. The fourth-order valence-corrected chi connectivity index (χ4v) is 3.40. The van der Waals surface area contributed by atoms with Crippen LogP contribution in [0.1, 0.15) is 50.0 Å². The molecule has 1 aliphatic rings. The fraction of sp³-hybridized carbons (Fsp3) is 0.438. The van der Waals surface area contributed by atoms with E-state index in [1.54, 1.807) is 6.08 Å². The molecule has 0 amide bonds. The van der Waals surface area contributed by atoms with Crippen molar-refractivity contribution in [2.45, 2.75) is 45.2 Å². The van der Waals surface area contributed by atoms with E-state index in [1.165, 1.54) is 22.2 Å². The third-order valence-electron chi connectivity index (χ3n) is 4.09. The van der Waals surface area contributed by atoms with Gasteiger partial charge < -0.3 is 4.57 Å². The summed E-state index contributed by atoms with van der Waals surface area (Å²) in [6.45, 7) is 4.39. The zero-order valence-corrected chi connectivity index (χ0v) is 11.9. The van der Waals surface area contributed by atoms with Crippen LogP contribution < -0.4 is 5.43 Å². The number of hydrogen-bond acceptors (Lipinski definition) is 3. The number of fused-ring (bicyclic) bond motifs is 3. The maximum Gasteiger partial charge on any atom is 0.258 e. The molecule has 0 spiro atoms. The molecule has 4 nitrogen and oxygen atoms in total. The minimum Gasteiger partial charge on any atom is -0.340 e. The highest BCUT2D eigenvalue weighted by Crippen LogP contribution is 2.39. The average Bonchev–Trinajstić information content (AvgIpc) is 2.80. The smallest absolute Gasteiger partial charge is 0.258 e. The molecule has 0 saturated carbocycles. The molecular formula is C16H19N3O. The molecule has 1 aromatic heterocycles. The molecule has 1 aliphatic carbocycles. The van der Waals surface area contributed by atoms with Crippen molar-refractivity contribution in [1.82, 2.24) is 9.99 Å². The van der Waals surface area contributed by atoms with Crippen LogP contribution in [0.4, 0.5) is 0 Å². The van der Waals surface area contributed by atoms with Gasteiger partial charge in [-0.2, -0.15) is 0 Å². The second-order valence-corrected chi connectivity index (χ2v) is 5.62. The SMILES string of the molecule is CC(C)n1c2c(c3ccccc31)CCCC2NN=C=O. The van der Waals surface area contributed by atoms with Gasteiger partial charge in [0.05, 0.1) is 6.04 Å². The minimum absolute atomic E-state index is 0.106. The van der Waals surface area contributed by atoms with Gasteiger partial charge in [-0.3, -0.25) is 5.43 Å². The predicted octanol–water partition coefficient (Wildman–Crippen LogP) is 3.44. The number of hydrogen-bond donors (Lipinski definition) is 1. The Morgan fingerprint density at radius 2 is 2.20 bits per heavy atom. The first kappa shape index (κ1) is 12.9. The number of rotatable bonds is 3. The van der Waals surface area contributed by atoms with Crippen LogP contribution in [0.2, 0.25) is 0 Å². The van der Waals surface area contributed by atoms with E-state index < -0.39 is 0 Å². The first-order valence-electron chi connectivity index (χ1n) is 7.18. The number of hydrazone groups is 1. The van der Waals surface area contributed by atoms with E-state index in [0.717, 1.165) is 19.3 Å². The first-order chi connectivity index (χ1) is 9.74. The van der Waals surface area contributed by atoms with Crippen LogP contribution in [0, 0.1) is 0 Å². The second-order valence-electron chi connectivity index (χ2n) is 5.62. The van der Waals surface area contributed by atoms with Gasteiger partial charge in [0.25, 0.3) is 6.08 Å². The van der Waals surface area contributed by atoms with Crippen LogP contribution >= 0.6 is 0 Å². The van der Waals surface area contributed by atoms with Gasteiger partial charge in [0, 0.05) is 22.6 Å². The molecule has 0 aliphatic heterocycles. The number of aryl methyl sites for hydroxylation is 1. The minimum atomic E-state index is 0.106. The highest BCUT2D eigenvalue weighted by molar-refractivity contribution is 5.86. The average molecular weight is 269 g/mol. The highest BCUT2D eigenvalue weighted by Gasteiger charge is 2.28. The van der Waals surface area contributed by atoms with Gasteiger partial charge in [-0.1, -0.05) is 23.3 Å². The molecule has 1 unspecified atom stereocenters. The van der Waals surface area contributed by atoms with Gasteiger partial charge in [0.1, 0.15) is 0 Å². The van der Waals surface area contributed by atoms with Crippen LogP contribution in [0.15, 0.2) is 29.4 Å². The summed E-state index contributed by atoms with van der Waals surface area (Å²) in [4.78, 5) is 10.4. The Balaban J connectivity index is 2.25. The molecule has 3 rings (SSSR count). The molecule has 1 atom stereocenters. The summed E-state index contributed by atoms with van der Waals surface area (Å²) in [5.41, 5.74) is 6.92. The van der Waals surface area contributed by atoms with Crippen molar-refractivity contribution in [2.24, 2.45) is 5.10 Å². The van der Waals surface area contributed by atoms with Crippen LogP contribution in [0.25, 0.3) is 10.9 Å². The largest absolute Gasteiger partial charge is 0.340 e. The maximum atomic E-state index is 10.4. The van der Waals surface area contributed by atoms with Gasteiger partial charge in [-0.15, -0.1) is 0 Å². The number of nitrogens with zero attached hydrogens (tertiary/aromatic N) is 2. The second kappa shape index (κ2) is 5.14. The summed E-state index contributed by atoms with van der Waals surface area (Å²) >= 11 is 0. The van der Waals surface area contributed by atoms with Crippen molar-refractivity contribution in [2.75, 3.05) is 0 Å². The van der Waals surface area contributed by atoms with Gasteiger partial charge in [-0.25, -0.2) is 4.79 Å². The van der Waals surface area contributed by atoms with E-state index >= 15 is 0 Å². The third-order valence-corrected chi connectivity index (χ3v) is 4.09. The van der Waals surface area contributed by atoms with Crippen LogP contribution in [0.3, 0.4) is 0 Å². The van der Waals surface area contributed by atoms with Gasteiger partial charge in [-0.05, 0) is 44.7 Å². The van der Waals surface area contributed by atoms with Gasteiger partial charge >= 0.3 is 0 Å². The summed E-state index contributed by atoms with van der Waals surface area (Å²) < 4.78 is 2.38. The molecule has 0 saturated heterocycles. The quantitative estimate of drug-likeness (QED) is 0.527. The molecular weight excluding hydrogens is 250 g/mol. The van der Waals surface area contributed by atoms with E-state index in [4.69, 9.17) is 0 Å². The lowest BCUT2D eigenvalue weighted by Crippen LogP contribution is -2.24. The predicted molar refractivity (Wildman–Crippen MR) is 79.3 cm³/mol. The lowest BCUT2D eigenvalue weighted by Gasteiger charge is -2.26. The van der Waals surface area contributed by atoms with Crippen LogP contribution in [0.5, 0.6) is 0 Å². The summed E-state index contributed by atoms with van der Waals surface area (Å²) in [5.74, 6) is 0. The summed E-state index contributed by atoms with van der Waals surface area (Å²) in [6.07, 6.45) is 4.80. The zero-order valence-electron chi connectivity index (χ0n) is 11.9. The summed E-state index contributed by atoms with van der Waals surface area (Å²) in [5, 5.41) is 4.93. The summed E-state index contributed by atoms with van der Waals surface area (Å²) in [6, 6.07) is 9.03. The van der Waals surface area contributed by atoms with E-state index in [9.17, 15) is 4.79 Å². The molecule has 1 aromatic carbocycles. The Labute approximate surface area is 118 Å². The molecule has 0 radical (unpaired) electrons. The normalized spacial score (nSPS) is 17.9. The van der Waals surface area contributed by atoms with E-state index in [0.29, 0.717) is 6.04 Å². The molecule has 2 aromatic rings. The Hall–Kier alpha value is -2.06. The standard InChI is InChI=1S/C16H19N3O/c1-11(2)19-15-9-4-3-6-12(15)13-7-5-8-14(16(13)19)18-17-10-20/h3-4,6,9,11,14,18H,5,7-8H2,1-2H3. The first-order valence-corrected chi connectivity index (χ1v) is 7.18. The van der Waals surface area contributed by atoms with Crippen LogP contribution in [-0.2, 0) is 11.2 Å². The van der Waals surface area contributed by atoms with Gasteiger partial charge in [0.15, 0.2) is 0 Å². The van der Waals surface area contributed by atoms with Gasteiger partial charge in [0.2, 0.25) is 0 Å². The Morgan fingerprint density at radius 1 is 1.40 bits per heavy atom. The molecule has 0 bridgehead atoms. The van der Waals surface area contributed by atoms with Crippen molar-refractivity contribution in [1.29, 1.82) is 0 Å².